The van der Waals surface area contributed by atoms with Gasteiger partial charge in [-0.3, -0.25) is 0 Å². The van der Waals surface area contributed by atoms with Crippen molar-refractivity contribution in [2.75, 3.05) is 6.54 Å². The molecule has 3 aromatic rings. The Morgan fingerprint density at radius 2 is 1.62 bits per heavy atom. The molecule has 154 valence electrons. The van der Waals surface area contributed by atoms with Crippen LogP contribution in [0.3, 0.4) is 0 Å². The van der Waals surface area contributed by atoms with Gasteiger partial charge < -0.3 is 0 Å². The van der Waals surface area contributed by atoms with Gasteiger partial charge in [-0.05, 0) is 66.4 Å². The lowest BCUT2D eigenvalue weighted by Crippen LogP contribution is -2.31. The van der Waals surface area contributed by atoms with E-state index in [0.717, 1.165) is 36.4 Å². The molecule has 3 rings (SSSR count). The second kappa shape index (κ2) is 8.31. The largest absolute Gasteiger partial charge is 0.240 e. The minimum atomic E-state index is -4.07. The number of aryl methyl sites for hydroxylation is 1. The Balaban J connectivity index is 1.93. The molecular formula is C19H17F2NO4S3. The molecule has 1 heterocycles. The van der Waals surface area contributed by atoms with Gasteiger partial charge in [0.1, 0.15) is 16.9 Å². The molecule has 5 nitrogen and oxygen atoms in total. The molecule has 0 saturated heterocycles. The monoisotopic (exact) mass is 457 g/mol. The van der Waals surface area contributed by atoms with E-state index < -0.39 is 43.3 Å². The summed E-state index contributed by atoms with van der Waals surface area (Å²) in [6.45, 7) is 1.00. The standard InChI is InChI=1S/C19H17F2NO4S3/c1-13-11-16(8-9-17(13)21)29(25,26)22-12-19(18-3-2-10-27-18)28(23,24)15-6-4-14(20)5-7-15/h2-11,19,22H,12H2,1H3/t19-/m1/s1. The minimum absolute atomic E-state index is 0.117. The van der Waals surface area contributed by atoms with Crippen LogP contribution in [0.4, 0.5) is 8.78 Å². The molecule has 0 saturated carbocycles. The summed E-state index contributed by atoms with van der Waals surface area (Å²) in [4.78, 5) is 0.155. The van der Waals surface area contributed by atoms with Crippen molar-refractivity contribution in [3.05, 3.63) is 82.1 Å². The van der Waals surface area contributed by atoms with E-state index in [1.807, 2.05) is 0 Å². The smallest absolute Gasteiger partial charge is 0.223 e. The van der Waals surface area contributed by atoms with Crippen molar-refractivity contribution in [1.29, 1.82) is 0 Å². The Morgan fingerprint density at radius 1 is 0.966 bits per heavy atom. The highest BCUT2D eigenvalue weighted by Gasteiger charge is 2.31. The van der Waals surface area contributed by atoms with Gasteiger partial charge in [0.25, 0.3) is 0 Å². The van der Waals surface area contributed by atoms with Gasteiger partial charge in [0.2, 0.25) is 10.0 Å². The number of thiophene rings is 1. The lowest BCUT2D eigenvalue weighted by molar-refractivity contribution is 0.569. The van der Waals surface area contributed by atoms with E-state index in [2.05, 4.69) is 4.72 Å². The van der Waals surface area contributed by atoms with Gasteiger partial charge in [-0.25, -0.2) is 30.3 Å². The second-order valence-electron chi connectivity index (χ2n) is 6.27. The van der Waals surface area contributed by atoms with Crippen LogP contribution in [0.2, 0.25) is 0 Å². The molecule has 1 aromatic heterocycles. The van der Waals surface area contributed by atoms with Gasteiger partial charge in [-0.15, -0.1) is 11.3 Å². The Labute approximate surface area is 172 Å². The van der Waals surface area contributed by atoms with Crippen LogP contribution in [0.15, 0.2) is 69.8 Å². The van der Waals surface area contributed by atoms with E-state index >= 15 is 0 Å². The van der Waals surface area contributed by atoms with Crippen LogP contribution >= 0.6 is 11.3 Å². The van der Waals surface area contributed by atoms with Crippen LogP contribution in [0.5, 0.6) is 0 Å². The maximum atomic E-state index is 13.4. The van der Waals surface area contributed by atoms with Crippen LogP contribution in [0, 0.1) is 18.6 Å². The highest BCUT2D eigenvalue weighted by atomic mass is 32.2. The molecule has 0 amide bonds. The number of sulfone groups is 1. The van der Waals surface area contributed by atoms with Crippen molar-refractivity contribution >= 4 is 31.2 Å². The molecule has 0 fully saturated rings. The zero-order chi connectivity index (χ0) is 21.2. The van der Waals surface area contributed by atoms with E-state index in [0.29, 0.717) is 4.88 Å². The Kier molecular flexibility index (Phi) is 6.18. The minimum Gasteiger partial charge on any atom is -0.223 e. The summed E-state index contributed by atoms with van der Waals surface area (Å²) in [5.74, 6) is -1.12. The van der Waals surface area contributed by atoms with E-state index in [1.165, 1.54) is 24.3 Å². The summed E-state index contributed by atoms with van der Waals surface area (Å²) in [7, 11) is -8.07. The first-order chi connectivity index (χ1) is 13.6. The average molecular weight is 458 g/mol. The SMILES string of the molecule is Cc1cc(S(=O)(=O)NC[C@H](c2cccs2)S(=O)(=O)c2ccc(F)cc2)ccc1F. The zero-order valence-electron chi connectivity index (χ0n) is 15.2. The molecule has 0 aliphatic rings. The number of halogens is 2. The second-order valence-corrected chi connectivity index (χ2v) is 11.1. The fourth-order valence-corrected chi connectivity index (χ4v) is 6.70. The number of hydrogen-bond acceptors (Lipinski definition) is 5. The molecule has 1 atom stereocenters. The third kappa shape index (κ3) is 4.72. The third-order valence-electron chi connectivity index (χ3n) is 4.28. The van der Waals surface area contributed by atoms with Crippen LogP contribution in [0.1, 0.15) is 15.7 Å². The fourth-order valence-electron chi connectivity index (χ4n) is 2.68. The zero-order valence-corrected chi connectivity index (χ0v) is 17.6. The summed E-state index contributed by atoms with van der Waals surface area (Å²) in [6.07, 6.45) is 0. The molecule has 0 bridgehead atoms. The maximum Gasteiger partial charge on any atom is 0.240 e. The quantitative estimate of drug-likeness (QED) is 0.547. The summed E-state index contributed by atoms with van der Waals surface area (Å²) >= 11 is 1.17. The number of hydrogen-bond donors (Lipinski definition) is 1. The predicted octanol–water partition coefficient (Wildman–Crippen LogP) is 3.83. The van der Waals surface area contributed by atoms with E-state index in [9.17, 15) is 25.6 Å². The number of rotatable bonds is 7. The van der Waals surface area contributed by atoms with Crippen LogP contribution in [-0.4, -0.2) is 23.4 Å². The van der Waals surface area contributed by atoms with Gasteiger partial charge >= 0.3 is 0 Å². The molecule has 1 N–H and O–H groups in total. The van der Waals surface area contributed by atoms with Crippen molar-refractivity contribution in [2.24, 2.45) is 0 Å². The maximum absolute atomic E-state index is 13.4. The fraction of sp³-hybridized carbons (Fsp3) is 0.158. The molecule has 29 heavy (non-hydrogen) atoms. The van der Waals surface area contributed by atoms with E-state index in [1.54, 1.807) is 17.5 Å². The molecule has 0 spiro atoms. The highest BCUT2D eigenvalue weighted by molar-refractivity contribution is 7.92. The lowest BCUT2D eigenvalue weighted by atomic mass is 10.2. The molecule has 0 aliphatic carbocycles. The molecule has 0 radical (unpaired) electrons. The summed E-state index contributed by atoms with van der Waals surface area (Å²) in [5.41, 5.74) is 0.154. The topological polar surface area (TPSA) is 80.3 Å². The predicted molar refractivity (Wildman–Crippen MR) is 107 cm³/mol. The highest BCUT2D eigenvalue weighted by Crippen LogP contribution is 2.32. The Bertz CT molecular complexity index is 1210. The van der Waals surface area contributed by atoms with Gasteiger partial charge in [0.05, 0.1) is 9.79 Å². The normalized spacial score (nSPS) is 13.3. The van der Waals surface area contributed by atoms with Crippen LogP contribution in [-0.2, 0) is 19.9 Å². The molecule has 0 aliphatic heterocycles. The van der Waals surface area contributed by atoms with E-state index in [-0.39, 0.29) is 15.4 Å². The number of benzene rings is 2. The van der Waals surface area contributed by atoms with Gasteiger partial charge in [-0.2, -0.15) is 0 Å². The van der Waals surface area contributed by atoms with Gasteiger partial charge in [-0.1, -0.05) is 6.07 Å². The van der Waals surface area contributed by atoms with Crippen molar-refractivity contribution < 1.29 is 25.6 Å². The molecule has 2 aromatic carbocycles. The first kappa shape index (κ1) is 21.6. The Hall–Kier alpha value is -2.14. The molecule has 10 heteroatoms. The third-order valence-corrected chi connectivity index (χ3v) is 8.93. The average Bonchev–Trinajstić information content (AvgIpc) is 3.18. The molecular weight excluding hydrogens is 440 g/mol. The van der Waals surface area contributed by atoms with Crippen molar-refractivity contribution in [2.45, 2.75) is 22.0 Å². The lowest BCUT2D eigenvalue weighted by Gasteiger charge is -2.18. The number of sulfonamides is 1. The van der Waals surface area contributed by atoms with Crippen molar-refractivity contribution in [3.63, 3.8) is 0 Å². The van der Waals surface area contributed by atoms with Crippen LogP contribution < -0.4 is 4.72 Å². The van der Waals surface area contributed by atoms with Gasteiger partial charge in [0.15, 0.2) is 9.84 Å². The molecule has 0 unspecified atom stereocenters. The first-order valence-electron chi connectivity index (χ1n) is 8.40. The number of nitrogens with one attached hydrogen (secondary N) is 1. The summed E-state index contributed by atoms with van der Waals surface area (Å²) in [6, 6.07) is 10.9. The van der Waals surface area contributed by atoms with E-state index in [4.69, 9.17) is 0 Å². The summed E-state index contributed by atoms with van der Waals surface area (Å²) < 4.78 is 80.3. The van der Waals surface area contributed by atoms with Crippen LogP contribution in [0.25, 0.3) is 0 Å². The van der Waals surface area contributed by atoms with Crippen molar-refractivity contribution in [1.82, 2.24) is 4.72 Å². The van der Waals surface area contributed by atoms with Gasteiger partial charge in [0, 0.05) is 11.4 Å². The summed E-state index contributed by atoms with van der Waals surface area (Å²) in [5, 5.41) is 0.477. The first-order valence-corrected chi connectivity index (χ1v) is 12.3. The Morgan fingerprint density at radius 3 is 2.21 bits per heavy atom. The van der Waals surface area contributed by atoms with Crippen molar-refractivity contribution in [3.8, 4) is 0 Å².